The molecule has 0 aliphatic carbocycles. The zero-order valence-corrected chi connectivity index (χ0v) is 11.8. The van der Waals surface area contributed by atoms with Gasteiger partial charge in [-0.05, 0) is 24.3 Å². The highest BCUT2D eigenvalue weighted by atomic mass is 35.5. The largest absolute Gasteiger partial charge is 0.326 e. The van der Waals surface area contributed by atoms with Crippen LogP contribution in [0.4, 0.5) is 5.69 Å². The minimum absolute atomic E-state index is 0.136. The molecule has 0 atom stereocenters. The molecule has 1 N–H and O–H groups in total. The Morgan fingerprint density at radius 1 is 1.33 bits per heavy atom. The molecule has 0 unspecified atom stereocenters. The Balaban J connectivity index is 1.97. The Morgan fingerprint density at radius 3 is 2.90 bits per heavy atom. The standard InChI is InChI=1S/C15H12ClN3O2/c16-12-4-5-15(21)19(10-12)7-6-14(20)18-13-3-1-2-11(8-13)9-17/h1-5,8,10H,6-7H2,(H,18,20). The molecule has 0 fully saturated rings. The number of pyridine rings is 1. The summed E-state index contributed by atoms with van der Waals surface area (Å²) < 4.78 is 1.38. The number of aryl methyl sites for hydroxylation is 1. The van der Waals surface area contributed by atoms with Crippen LogP contribution < -0.4 is 10.9 Å². The molecule has 2 rings (SSSR count). The van der Waals surface area contributed by atoms with Crippen LogP contribution in [-0.2, 0) is 11.3 Å². The molecule has 0 bridgehead atoms. The first-order valence-electron chi connectivity index (χ1n) is 6.24. The van der Waals surface area contributed by atoms with E-state index in [2.05, 4.69) is 5.32 Å². The van der Waals surface area contributed by atoms with Crippen molar-refractivity contribution in [2.24, 2.45) is 0 Å². The lowest BCUT2D eigenvalue weighted by Gasteiger charge is -2.07. The van der Waals surface area contributed by atoms with Gasteiger partial charge < -0.3 is 9.88 Å². The van der Waals surface area contributed by atoms with Crippen molar-refractivity contribution in [3.63, 3.8) is 0 Å². The molecule has 1 heterocycles. The van der Waals surface area contributed by atoms with Gasteiger partial charge in [0.1, 0.15) is 0 Å². The van der Waals surface area contributed by atoms with Crippen molar-refractivity contribution in [1.82, 2.24) is 4.57 Å². The van der Waals surface area contributed by atoms with Crippen LogP contribution in [0, 0.1) is 11.3 Å². The van der Waals surface area contributed by atoms with Gasteiger partial charge in [-0.15, -0.1) is 0 Å². The van der Waals surface area contributed by atoms with E-state index in [0.717, 1.165) is 0 Å². The van der Waals surface area contributed by atoms with E-state index in [1.807, 2.05) is 6.07 Å². The molecule has 1 amide bonds. The maximum absolute atomic E-state index is 11.8. The fourth-order valence-electron chi connectivity index (χ4n) is 1.79. The highest BCUT2D eigenvalue weighted by Gasteiger charge is 2.05. The number of carbonyl (C=O) groups excluding carboxylic acids is 1. The number of hydrogen-bond acceptors (Lipinski definition) is 3. The van der Waals surface area contributed by atoms with Crippen molar-refractivity contribution in [1.29, 1.82) is 5.26 Å². The van der Waals surface area contributed by atoms with Gasteiger partial charge in [0.25, 0.3) is 5.56 Å². The number of anilines is 1. The average Bonchev–Trinajstić information content (AvgIpc) is 2.48. The van der Waals surface area contributed by atoms with Crippen LogP contribution >= 0.6 is 11.6 Å². The third kappa shape index (κ3) is 4.20. The van der Waals surface area contributed by atoms with Crippen molar-refractivity contribution in [2.75, 3.05) is 5.32 Å². The molecule has 0 spiro atoms. The first kappa shape index (κ1) is 14.8. The second-order valence-electron chi connectivity index (χ2n) is 4.37. The van der Waals surface area contributed by atoms with E-state index in [9.17, 15) is 9.59 Å². The lowest BCUT2D eigenvalue weighted by Crippen LogP contribution is -2.22. The van der Waals surface area contributed by atoms with E-state index in [4.69, 9.17) is 16.9 Å². The van der Waals surface area contributed by atoms with E-state index in [1.165, 1.54) is 22.9 Å². The Hall–Kier alpha value is -2.58. The van der Waals surface area contributed by atoms with Gasteiger partial charge in [-0.2, -0.15) is 5.26 Å². The Morgan fingerprint density at radius 2 is 2.14 bits per heavy atom. The molecule has 0 saturated carbocycles. The van der Waals surface area contributed by atoms with E-state index in [0.29, 0.717) is 16.3 Å². The average molecular weight is 302 g/mol. The summed E-state index contributed by atoms with van der Waals surface area (Å²) in [6.07, 6.45) is 1.63. The molecule has 5 nitrogen and oxygen atoms in total. The number of benzene rings is 1. The topological polar surface area (TPSA) is 74.9 Å². The third-order valence-electron chi connectivity index (χ3n) is 2.80. The van der Waals surface area contributed by atoms with E-state index in [1.54, 1.807) is 24.3 Å². The van der Waals surface area contributed by atoms with Crippen LogP contribution in [0.3, 0.4) is 0 Å². The van der Waals surface area contributed by atoms with Crippen molar-refractivity contribution in [3.05, 3.63) is 63.5 Å². The van der Waals surface area contributed by atoms with E-state index in [-0.39, 0.29) is 24.4 Å². The van der Waals surface area contributed by atoms with Gasteiger partial charge in [0.15, 0.2) is 0 Å². The fourth-order valence-corrected chi connectivity index (χ4v) is 1.97. The first-order chi connectivity index (χ1) is 10.1. The summed E-state index contributed by atoms with van der Waals surface area (Å²) in [5.41, 5.74) is 0.815. The van der Waals surface area contributed by atoms with Gasteiger partial charge in [-0.25, -0.2) is 0 Å². The maximum Gasteiger partial charge on any atom is 0.250 e. The number of amides is 1. The Kier molecular flexibility index (Phi) is 4.75. The fraction of sp³-hybridized carbons (Fsp3) is 0.133. The number of rotatable bonds is 4. The number of halogens is 1. The minimum atomic E-state index is -0.239. The number of nitriles is 1. The Labute approximate surface area is 126 Å². The van der Waals surface area contributed by atoms with Crippen LogP contribution in [0.1, 0.15) is 12.0 Å². The molecule has 21 heavy (non-hydrogen) atoms. The van der Waals surface area contributed by atoms with Crippen molar-refractivity contribution in [3.8, 4) is 6.07 Å². The van der Waals surface area contributed by atoms with Crippen molar-refractivity contribution in [2.45, 2.75) is 13.0 Å². The van der Waals surface area contributed by atoms with E-state index >= 15 is 0 Å². The van der Waals surface area contributed by atoms with Crippen LogP contribution in [0.5, 0.6) is 0 Å². The van der Waals surface area contributed by atoms with Gasteiger partial charge in [-0.3, -0.25) is 9.59 Å². The SMILES string of the molecule is N#Cc1cccc(NC(=O)CCn2cc(Cl)ccc2=O)c1. The second-order valence-corrected chi connectivity index (χ2v) is 4.81. The molecule has 0 radical (unpaired) electrons. The summed E-state index contributed by atoms with van der Waals surface area (Å²) in [6.45, 7) is 0.239. The lowest BCUT2D eigenvalue weighted by molar-refractivity contribution is -0.116. The van der Waals surface area contributed by atoms with Crippen molar-refractivity contribution < 1.29 is 4.79 Å². The number of nitrogens with one attached hydrogen (secondary N) is 1. The molecule has 0 aliphatic rings. The number of nitrogens with zero attached hydrogens (tertiary/aromatic N) is 2. The molecule has 6 heteroatoms. The van der Waals surface area contributed by atoms with Crippen molar-refractivity contribution >= 4 is 23.2 Å². The smallest absolute Gasteiger partial charge is 0.250 e. The molecule has 0 saturated heterocycles. The van der Waals surface area contributed by atoms with Gasteiger partial charge in [-0.1, -0.05) is 17.7 Å². The predicted octanol–water partition coefficient (Wildman–Crippen LogP) is 2.40. The Bertz CT molecular complexity index is 762. The van der Waals surface area contributed by atoms with Crippen LogP contribution in [0.15, 0.2) is 47.4 Å². The number of aromatic nitrogens is 1. The second kappa shape index (κ2) is 6.73. The molecular formula is C15H12ClN3O2. The molecule has 1 aromatic heterocycles. The zero-order chi connectivity index (χ0) is 15.2. The zero-order valence-electron chi connectivity index (χ0n) is 11.0. The summed E-state index contributed by atoms with van der Waals surface area (Å²) in [5.74, 6) is -0.239. The van der Waals surface area contributed by atoms with Gasteiger partial charge in [0, 0.05) is 30.9 Å². The molecule has 106 valence electrons. The first-order valence-corrected chi connectivity index (χ1v) is 6.62. The van der Waals surface area contributed by atoms with Crippen LogP contribution in [-0.4, -0.2) is 10.5 Å². The predicted molar refractivity (Wildman–Crippen MR) is 80.1 cm³/mol. The molecule has 1 aromatic carbocycles. The summed E-state index contributed by atoms with van der Waals surface area (Å²) in [7, 11) is 0. The molecule has 0 aliphatic heterocycles. The van der Waals surface area contributed by atoms with E-state index < -0.39 is 0 Å². The monoisotopic (exact) mass is 301 g/mol. The quantitative estimate of drug-likeness (QED) is 0.942. The summed E-state index contributed by atoms with van der Waals surface area (Å²) in [5, 5.41) is 11.9. The highest BCUT2D eigenvalue weighted by molar-refractivity contribution is 6.30. The number of hydrogen-bond donors (Lipinski definition) is 1. The molecule has 2 aromatic rings. The van der Waals surface area contributed by atoms with Gasteiger partial charge >= 0.3 is 0 Å². The minimum Gasteiger partial charge on any atom is -0.326 e. The summed E-state index contributed by atoms with van der Waals surface area (Å²) in [4.78, 5) is 23.4. The molecular weight excluding hydrogens is 290 g/mol. The van der Waals surface area contributed by atoms with Crippen LogP contribution in [0.2, 0.25) is 5.02 Å². The van der Waals surface area contributed by atoms with Gasteiger partial charge in [0.05, 0.1) is 16.7 Å². The summed E-state index contributed by atoms with van der Waals surface area (Å²) >= 11 is 5.80. The highest BCUT2D eigenvalue weighted by Crippen LogP contribution is 2.10. The normalized spacial score (nSPS) is 9.90. The number of carbonyl (C=O) groups is 1. The van der Waals surface area contributed by atoms with Gasteiger partial charge in [0.2, 0.25) is 5.91 Å². The maximum atomic E-state index is 11.8. The van der Waals surface area contributed by atoms with Crippen LogP contribution in [0.25, 0.3) is 0 Å². The summed E-state index contributed by atoms with van der Waals surface area (Å²) in [6, 6.07) is 11.5. The third-order valence-corrected chi connectivity index (χ3v) is 3.03. The lowest BCUT2D eigenvalue weighted by atomic mass is 10.2.